The van der Waals surface area contributed by atoms with Crippen LogP contribution in [0.3, 0.4) is 0 Å². The number of hydrogen-bond donors (Lipinski definition) is 1. The van der Waals surface area contributed by atoms with E-state index in [0.717, 1.165) is 11.8 Å². The second-order valence-electron chi connectivity index (χ2n) is 8.04. The molecule has 0 aliphatic heterocycles. The van der Waals surface area contributed by atoms with Crippen molar-refractivity contribution in [1.29, 1.82) is 0 Å². The smallest absolute Gasteiger partial charge is 0.242 e. The van der Waals surface area contributed by atoms with E-state index >= 15 is 0 Å². The van der Waals surface area contributed by atoms with Gasteiger partial charge in [-0.25, -0.2) is 8.42 Å². The third kappa shape index (κ3) is 7.86. The van der Waals surface area contributed by atoms with Crippen molar-refractivity contribution in [2.75, 3.05) is 30.8 Å². The number of ether oxygens (including phenoxy) is 1. The van der Waals surface area contributed by atoms with Gasteiger partial charge in [-0.05, 0) is 43.5 Å². The zero-order valence-electron chi connectivity index (χ0n) is 20.7. The summed E-state index contributed by atoms with van der Waals surface area (Å²) in [5.41, 5.74) is 1.14. The molecule has 10 heteroatoms. The van der Waals surface area contributed by atoms with Crippen LogP contribution in [0.4, 0.5) is 5.69 Å². The van der Waals surface area contributed by atoms with Gasteiger partial charge in [-0.3, -0.25) is 13.9 Å². The van der Waals surface area contributed by atoms with Crippen LogP contribution >= 0.6 is 11.6 Å². The van der Waals surface area contributed by atoms with Gasteiger partial charge in [-0.1, -0.05) is 48.9 Å². The minimum Gasteiger partial charge on any atom is -0.495 e. The zero-order chi connectivity index (χ0) is 26.0. The van der Waals surface area contributed by atoms with Crippen molar-refractivity contribution in [2.45, 2.75) is 45.7 Å². The molecule has 2 amide bonds. The summed E-state index contributed by atoms with van der Waals surface area (Å²) in [6.07, 6.45) is 1.86. The van der Waals surface area contributed by atoms with Crippen molar-refractivity contribution in [3.05, 3.63) is 59.1 Å². The molecule has 0 aromatic heterocycles. The second kappa shape index (κ2) is 13.3. The van der Waals surface area contributed by atoms with Gasteiger partial charge in [0, 0.05) is 31.1 Å². The van der Waals surface area contributed by atoms with Gasteiger partial charge >= 0.3 is 0 Å². The fourth-order valence-electron chi connectivity index (χ4n) is 3.84. The van der Waals surface area contributed by atoms with Gasteiger partial charge in [-0.15, -0.1) is 0 Å². The molecule has 0 fully saturated rings. The molecule has 8 nitrogen and oxygen atoms in total. The number of para-hydroxylation sites is 2. The average Bonchev–Trinajstić information content (AvgIpc) is 2.82. The van der Waals surface area contributed by atoms with E-state index in [9.17, 15) is 18.0 Å². The molecule has 0 bridgehead atoms. The molecule has 0 saturated carbocycles. The van der Waals surface area contributed by atoms with Crippen LogP contribution < -0.4 is 14.4 Å². The molecule has 2 aromatic carbocycles. The number of amides is 2. The van der Waals surface area contributed by atoms with E-state index in [2.05, 4.69) is 5.32 Å². The molecule has 35 heavy (non-hydrogen) atoms. The lowest BCUT2D eigenvalue weighted by molar-refractivity contribution is -0.141. The van der Waals surface area contributed by atoms with Crippen molar-refractivity contribution >= 4 is 39.1 Å². The number of carbonyl (C=O) groups excluding carboxylic acids is 2. The molecule has 1 N–H and O–H groups in total. The van der Waals surface area contributed by atoms with Crippen LogP contribution in [0.5, 0.6) is 5.75 Å². The Kier molecular flexibility index (Phi) is 10.9. The Labute approximate surface area is 213 Å². The number of hydrogen-bond acceptors (Lipinski definition) is 5. The first-order valence-electron chi connectivity index (χ1n) is 11.5. The van der Waals surface area contributed by atoms with Crippen LogP contribution in [0, 0.1) is 0 Å². The van der Waals surface area contributed by atoms with Crippen molar-refractivity contribution in [1.82, 2.24) is 10.2 Å². The topological polar surface area (TPSA) is 96.0 Å². The number of carbonyl (C=O) groups is 2. The Hall–Kier alpha value is -2.78. The number of rotatable bonds is 13. The van der Waals surface area contributed by atoms with Crippen molar-refractivity contribution in [3.8, 4) is 5.75 Å². The van der Waals surface area contributed by atoms with E-state index < -0.39 is 16.1 Å². The number of anilines is 1. The number of methoxy groups -OCH3 is 1. The fraction of sp³-hybridized carbons (Fsp3) is 0.440. The van der Waals surface area contributed by atoms with Gasteiger partial charge in [0.1, 0.15) is 11.8 Å². The lowest BCUT2D eigenvalue weighted by atomic mass is 10.1. The van der Waals surface area contributed by atoms with Crippen molar-refractivity contribution in [3.63, 3.8) is 0 Å². The largest absolute Gasteiger partial charge is 0.495 e. The maximum atomic E-state index is 13.4. The molecule has 2 aromatic rings. The first-order chi connectivity index (χ1) is 16.6. The Morgan fingerprint density at radius 2 is 1.74 bits per heavy atom. The fourth-order valence-corrected chi connectivity index (χ4v) is 5.00. The summed E-state index contributed by atoms with van der Waals surface area (Å²) in [7, 11) is -2.14. The van der Waals surface area contributed by atoms with Crippen LogP contribution in [-0.4, -0.2) is 57.6 Å². The second-order valence-corrected chi connectivity index (χ2v) is 10.4. The lowest BCUT2D eigenvalue weighted by Gasteiger charge is -2.31. The molecular weight excluding hydrogens is 490 g/mol. The van der Waals surface area contributed by atoms with E-state index in [1.807, 2.05) is 26.0 Å². The normalized spacial score (nSPS) is 12.0. The van der Waals surface area contributed by atoms with Gasteiger partial charge in [0.25, 0.3) is 0 Å². The van der Waals surface area contributed by atoms with Gasteiger partial charge < -0.3 is 15.0 Å². The van der Waals surface area contributed by atoms with Crippen LogP contribution in [0.1, 0.15) is 38.7 Å². The standard InChI is InChI=1S/C25H34ClN3O5S/c1-5-21(25(31)27-6-2)28(18-19-12-7-8-13-20(19)26)24(30)16-11-17-29(35(4,32)33)22-14-9-10-15-23(22)34-3/h7-10,12-15,21H,5-6,11,16-18H2,1-4H3,(H,27,31)/t21-/m1/s1. The monoisotopic (exact) mass is 523 g/mol. The maximum Gasteiger partial charge on any atom is 0.242 e. The molecule has 1 atom stereocenters. The molecule has 0 aliphatic carbocycles. The van der Waals surface area contributed by atoms with Crippen LogP contribution in [0.25, 0.3) is 0 Å². The molecule has 192 valence electrons. The van der Waals surface area contributed by atoms with Crippen LogP contribution in [0.2, 0.25) is 5.02 Å². The molecule has 0 radical (unpaired) electrons. The summed E-state index contributed by atoms with van der Waals surface area (Å²) < 4.78 is 31.6. The minimum absolute atomic E-state index is 0.0571. The quantitative estimate of drug-likeness (QED) is 0.430. The predicted octanol–water partition coefficient (Wildman–Crippen LogP) is 3.84. The van der Waals surface area contributed by atoms with Crippen LogP contribution in [0.15, 0.2) is 48.5 Å². The lowest BCUT2D eigenvalue weighted by Crippen LogP contribution is -2.49. The van der Waals surface area contributed by atoms with Gasteiger partial charge in [0.15, 0.2) is 0 Å². The number of likely N-dealkylation sites (N-methyl/N-ethyl adjacent to an activating group) is 1. The van der Waals surface area contributed by atoms with E-state index in [4.69, 9.17) is 16.3 Å². The van der Waals surface area contributed by atoms with Gasteiger partial charge in [0.2, 0.25) is 21.8 Å². The number of sulfonamides is 1. The molecule has 0 saturated heterocycles. The third-order valence-corrected chi connectivity index (χ3v) is 7.09. The summed E-state index contributed by atoms with van der Waals surface area (Å²) in [6.45, 7) is 4.38. The summed E-state index contributed by atoms with van der Waals surface area (Å²) in [6, 6.07) is 13.3. The summed E-state index contributed by atoms with van der Waals surface area (Å²) >= 11 is 6.33. The Balaban J connectivity index is 2.24. The van der Waals surface area contributed by atoms with Gasteiger partial charge in [-0.2, -0.15) is 0 Å². The van der Waals surface area contributed by atoms with Crippen LogP contribution in [-0.2, 0) is 26.2 Å². The maximum absolute atomic E-state index is 13.4. The van der Waals surface area contributed by atoms with E-state index in [0.29, 0.717) is 29.4 Å². The summed E-state index contributed by atoms with van der Waals surface area (Å²) in [5, 5.41) is 3.30. The molecule has 0 unspecified atom stereocenters. The van der Waals surface area contributed by atoms with E-state index in [1.54, 1.807) is 36.4 Å². The highest BCUT2D eigenvalue weighted by atomic mass is 35.5. The zero-order valence-corrected chi connectivity index (χ0v) is 22.2. The Morgan fingerprint density at radius 3 is 2.34 bits per heavy atom. The Bertz CT molecular complexity index is 1110. The predicted molar refractivity (Wildman–Crippen MR) is 139 cm³/mol. The van der Waals surface area contributed by atoms with E-state index in [-0.39, 0.29) is 37.7 Å². The van der Waals surface area contributed by atoms with E-state index in [1.165, 1.54) is 16.3 Å². The highest BCUT2D eigenvalue weighted by Gasteiger charge is 2.29. The highest BCUT2D eigenvalue weighted by Crippen LogP contribution is 2.30. The number of benzene rings is 2. The Morgan fingerprint density at radius 1 is 1.09 bits per heavy atom. The molecular formula is C25H34ClN3O5S. The van der Waals surface area contributed by atoms with Crippen molar-refractivity contribution in [2.24, 2.45) is 0 Å². The highest BCUT2D eigenvalue weighted by molar-refractivity contribution is 7.92. The number of halogens is 1. The average molecular weight is 524 g/mol. The minimum atomic E-state index is -3.62. The number of nitrogens with zero attached hydrogens (tertiary/aromatic N) is 2. The van der Waals surface area contributed by atoms with Gasteiger partial charge in [0.05, 0.1) is 19.1 Å². The SMILES string of the molecule is CCNC(=O)[C@@H](CC)N(Cc1ccccc1Cl)C(=O)CCCN(c1ccccc1OC)S(C)(=O)=O. The molecule has 0 heterocycles. The molecule has 0 aliphatic rings. The number of nitrogens with one attached hydrogen (secondary N) is 1. The first kappa shape index (κ1) is 28.5. The first-order valence-corrected chi connectivity index (χ1v) is 13.8. The third-order valence-electron chi connectivity index (χ3n) is 5.54. The summed E-state index contributed by atoms with van der Waals surface area (Å²) in [4.78, 5) is 27.6. The van der Waals surface area contributed by atoms with Crippen molar-refractivity contribution < 1.29 is 22.7 Å². The molecule has 0 spiro atoms. The summed E-state index contributed by atoms with van der Waals surface area (Å²) in [5.74, 6) is -0.0643. The molecule has 2 rings (SSSR count).